The lowest BCUT2D eigenvalue weighted by Gasteiger charge is -2.59. The first-order valence-corrected chi connectivity index (χ1v) is 12.7. The Labute approximate surface area is 185 Å². The Balaban J connectivity index is 1.36. The average Bonchev–Trinajstić information content (AvgIpc) is 2.64. The molecular formula is C21H27BrN2O5S. The maximum absolute atomic E-state index is 12.5. The Kier molecular flexibility index (Phi) is 5.74. The van der Waals surface area contributed by atoms with Gasteiger partial charge in [0.2, 0.25) is 10.0 Å². The molecule has 9 heteroatoms. The van der Waals surface area contributed by atoms with E-state index in [2.05, 4.69) is 28.2 Å². The van der Waals surface area contributed by atoms with Gasteiger partial charge < -0.3 is 10.1 Å². The molecule has 7 nitrogen and oxygen atoms in total. The molecule has 1 aromatic carbocycles. The van der Waals surface area contributed by atoms with E-state index < -0.39 is 22.6 Å². The highest BCUT2D eigenvalue weighted by molar-refractivity contribution is 9.10. The van der Waals surface area contributed by atoms with Crippen molar-refractivity contribution in [3.8, 4) is 0 Å². The van der Waals surface area contributed by atoms with E-state index in [1.807, 2.05) is 0 Å². The van der Waals surface area contributed by atoms with Crippen LogP contribution >= 0.6 is 15.9 Å². The molecule has 4 saturated carbocycles. The monoisotopic (exact) mass is 498 g/mol. The summed E-state index contributed by atoms with van der Waals surface area (Å²) in [4.78, 5) is 24.7. The molecule has 4 bridgehead atoms. The van der Waals surface area contributed by atoms with Gasteiger partial charge in [0.25, 0.3) is 5.91 Å². The maximum atomic E-state index is 12.5. The second kappa shape index (κ2) is 7.91. The Morgan fingerprint density at radius 1 is 1.20 bits per heavy atom. The fraction of sp³-hybridized carbons (Fsp3) is 0.619. The molecule has 1 unspecified atom stereocenters. The minimum atomic E-state index is -3.95. The van der Waals surface area contributed by atoms with Crippen LogP contribution in [-0.4, -0.2) is 32.9 Å². The van der Waals surface area contributed by atoms with Crippen molar-refractivity contribution in [1.29, 1.82) is 0 Å². The Morgan fingerprint density at radius 3 is 2.30 bits per heavy atom. The van der Waals surface area contributed by atoms with Crippen molar-refractivity contribution >= 4 is 37.8 Å². The standard InChI is InChI=1S/C21H27BrN2O5S/c1-12(21-8-13-4-14(9-21)6-15(5-13)10-21)24-19(25)11-29-20(26)17-7-16(30(23,27)28)2-3-18(17)22/h2-3,7,12-15H,4-6,8-11H2,1H3,(H,24,25)(H2,23,27,28). The lowest BCUT2D eigenvalue weighted by Crippen LogP contribution is -2.56. The highest BCUT2D eigenvalue weighted by Gasteiger charge is 2.53. The second-order valence-electron chi connectivity index (χ2n) is 9.33. The van der Waals surface area contributed by atoms with Gasteiger partial charge in [-0.3, -0.25) is 4.79 Å². The van der Waals surface area contributed by atoms with E-state index in [0.29, 0.717) is 4.47 Å². The molecule has 0 radical (unpaired) electrons. The third-order valence-electron chi connectivity index (χ3n) is 7.20. The molecule has 5 rings (SSSR count). The summed E-state index contributed by atoms with van der Waals surface area (Å²) in [5.41, 5.74) is 0.171. The largest absolute Gasteiger partial charge is 0.452 e. The van der Waals surface area contributed by atoms with Crippen molar-refractivity contribution in [1.82, 2.24) is 5.32 Å². The van der Waals surface area contributed by atoms with Crippen molar-refractivity contribution in [2.24, 2.45) is 28.3 Å². The van der Waals surface area contributed by atoms with E-state index in [9.17, 15) is 18.0 Å². The van der Waals surface area contributed by atoms with Gasteiger partial charge in [0, 0.05) is 10.5 Å². The van der Waals surface area contributed by atoms with Crippen LogP contribution in [0.1, 0.15) is 55.8 Å². The van der Waals surface area contributed by atoms with Gasteiger partial charge in [-0.25, -0.2) is 18.4 Å². The number of sulfonamides is 1. The van der Waals surface area contributed by atoms with Gasteiger partial charge in [-0.2, -0.15) is 0 Å². The normalized spacial score (nSPS) is 30.7. The smallest absolute Gasteiger partial charge is 0.339 e. The SMILES string of the molecule is CC(NC(=O)COC(=O)c1cc(S(N)(=O)=O)ccc1Br)C12CC3CC(CC(C3)C1)C2. The summed E-state index contributed by atoms with van der Waals surface area (Å²) in [6, 6.07) is 3.87. The van der Waals surface area contributed by atoms with Gasteiger partial charge in [-0.15, -0.1) is 0 Å². The molecule has 4 fully saturated rings. The highest BCUT2D eigenvalue weighted by atomic mass is 79.9. The number of nitrogens with one attached hydrogen (secondary N) is 1. The molecule has 0 aliphatic heterocycles. The van der Waals surface area contributed by atoms with Crippen LogP contribution in [0.25, 0.3) is 0 Å². The van der Waals surface area contributed by atoms with E-state index in [1.54, 1.807) is 0 Å². The number of amides is 1. The third kappa shape index (κ3) is 4.29. The van der Waals surface area contributed by atoms with E-state index in [0.717, 1.165) is 23.8 Å². The first kappa shape index (κ1) is 21.8. The number of hydrogen-bond donors (Lipinski definition) is 2. The summed E-state index contributed by atoms with van der Waals surface area (Å²) in [5, 5.41) is 8.17. The zero-order chi connectivity index (χ0) is 21.7. The Bertz CT molecular complexity index is 942. The van der Waals surface area contributed by atoms with E-state index in [-0.39, 0.29) is 27.8 Å². The molecule has 0 spiro atoms. The summed E-state index contributed by atoms with van der Waals surface area (Å²) < 4.78 is 28.5. The van der Waals surface area contributed by atoms with Crippen molar-refractivity contribution < 1.29 is 22.7 Å². The van der Waals surface area contributed by atoms with Crippen molar-refractivity contribution in [3.05, 3.63) is 28.2 Å². The van der Waals surface area contributed by atoms with E-state index >= 15 is 0 Å². The molecule has 3 N–H and O–H groups in total. The van der Waals surface area contributed by atoms with Crippen LogP contribution in [-0.2, 0) is 19.6 Å². The first-order chi connectivity index (χ1) is 14.1. The van der Waals surface area contributed by atoms with Crippen molar-refractivity contribution in [2.45, 2.75) is 56.4 Å². The molecule has 0 saturated heterocycles. The fourth-order valence-electron chi connectivity index (χ4n) is 6.19. The molecule has 1 amide bonds. The van der Waals surface area contributed by atoms with Crippen molar-refractivity contribution in [2.75, 3.05) is 6.61 Å². The Hall–Kier alpha value is -1.45. The summed E-state index contributed by atoms with van der Waals surface area (Å²) >= 11 is 3.20. The van der Waals surface area contributed by atoms with Crippen LogP contribution in [0.2, 0.25) is 0 Å². The summed E-state index contributed by atoms with van der Waals surface area (Å²) in [5.74, 6) is 1.24. The summed E-state index contributed by atoms with van der Waals surface area (Å²) in [6.45, 7) is 1.65. The zero-order valence-electron chi connectivity index (χ0n) is 16.9. The van der Waals surface area contributed by atoms with Gasteiger partial charge in [0.15, 0.2) is 6.61 Å². The number of rotatable bonds is 6. The predicted octanol–water partition coefficient (Wildman–Crippen LogP) is 2.97. The lowest BCUT2D eigenvalue weighted by atomic mass is 9.48. The predicted molar refractivity (Wildman–Crippen MR) is 114 cm³/mol. The van der Waals surface area contributed by atoms with Gasteiger partial charge in [-0.05, 0) is 103 Å². The molecule has 164 valence electrons. The number of carbonyl (C=O) groups is 2. The number of benzene rings is 1. The maximum Gasteiger partial charge on any atom is 0.339 e. The van der Waals surface area contributed by atoms with Gasteiger partial charge >= 0.3 is 5.97 Å². The lowest BCUT2D eigenvalue weighted by molar-refractivity contribution is -0.128. The van der Waals surface area contributed by atoms with Crippen LogP contribution in [0.4, 0.5) is 0 Å². The Morgan fingerprint density at radius 2 is 1.77 bits per heavy atom. The van der Waals surface area contributed by atoms with Crippen LogP contribution in [0, 0.1) is 23.2 Å². The number of nitrogens with two attached hydrogens (primary N) is 1. The summed E-state index contributed by atoms with van der Waals surface area (Å²) in [7, 11) is -3.95. The highest BCUT2D eigenvalue weighted by Crippen LogP contribution is 2.61. The van der Waals surface area contributed by atoms with Crippen molar-refractivity contribution in [3.63, 3.8) is 0 Å². The molecule has 0 heterocycles. The minimum Gasteiger partial charge on any atom is -0.452 e. The van der Waals surface area contributed by atoms with Crippen LogP contribution in [0.5, 0.6) is 0 Å². The molecule has 4 aliphatic carbocycles. The third-order valence-corrected chi connectivity index (χ3v) is 8.80. The minimum absolute atomic E-state index is 0.00320. The van der Waals surface area contributed by atoms with E-state index in [4.69, 9.17) is 9.88 Å². The number of ether oxygens (including phenoxy) is 1. The average molecular weight is 499 g/mol. The zero-order valence-corrected chi connectivity index (χ0v) is 19.3. The van der Waals surface area contributed by atoms with Crippen LogP contribution in [0.15, 0.2) is 27.6 Å². The van der Waals surface area contributed by atoms with Gasteiger partial charge in [0.1, 0.15) is 0 Å². The molecule has 1 atom stereocenters. The number of hydrogen-bond acceptors (Lipinski definition) is 5. The molecular weight excluding hydrogens is 472 g/mol. The molecule has 0 aromatic heterocycles. The first-order valence-electron chi connectivity index (χ1n) is 10.3. The second-order valence-corrected chi connectivity index (χ2v) is 11.7. The summed E-state index contributed by atoms with van der Waals surface area (Å²) in [6.07, 6.45) is 7.53. The van der Waals surface area contributed by atoms with Crippen LogP contribution < -0.4 is 10.5 Å². The van der Waals surface area contributed by atoms with Crippen LogP contribution in [0.3, 0.4) is 0 Å². The molecule has 4 aliphatic rings. The van der Waals surface area contributed by atoms with Gasteiger partial charge in [-0.1, -0.05) is 0 Å². The fourth-order valence-corrected chi connectivity index (χ4v) is 7.14. The quantitative estimate of drug-likeness (QED) is 0.584. The number of carbonyl (C=O) groups excluding carboxylic acids is 2. The molecule has 1 aromatic rings. The molecule has 30 heavy (non-hydrogen) atoms. The topological polar surface area (TPSA) is 116 Å². The number of esters is 1. The number of primary sulfonamides is 1. The van der Waals surface area contributed by atoms with Gasteiger partial charge in [0.05, 0.1) is 10.5 Å². The number of halogens is 1. The van der Waals surface area contributed by atoms with E-state index in [1.165, 1.54) is 50.7 Å².